The average Bonchev–Trinajstić information content (AvgIpc) is 2.97. The molecule has 12 nitrogen and oxygen atoms in total. The smallest absolute Gasteiger partial charge is 0.407 e. The summed E-state index contributed by atoms with van der Waals surface area (Å²) in [5.41, 5.74) is 2.42. The highest BCUT2D eigenvalue weighted by Gasteiger charge is 2.20. The third kappa shape index (κ3) is 8.34. The van der Waals surface area contributed by atoms with Crippen LogP contribution in [0.4, 0.5) is 16.2 Å². The minimum Gasteiger partial charge on any atom is -0.480 e. The molecule has 13 heteroatoms. The SMILES string of the molecule is COc1ncc(-c2ccc3nccc(NCCCCNC(=O)OC(C)(C)C)c3c2)cc1NS(=O)(=O)c1cccc(C(=O)O)c1. The van der Waals surface area contributed by atoms with E-state index >= 15 is 0 Å². The van der Waals surface area contributed by atoms with Crippen LogP contribution in [0.15, 0.2) is 71.9 Å². The average molecular weight is 622 g/mol. The van der Waals surface area contributed by atoms with Gasteiger partial charge in [0, 0.05) is 42.1 Å². The zero-order valence-electron chi connectivity index (χ0n) is 24.9. The van der Waals surface area contributed by atoms with Crippen molar-refractivity contribution >= 4 is 44.4 Å². The summed E-state index contributed by atoms with van der Waals surface area (Å²) in [4.78, 5) is 31.7. The molecular formula is C31H35N5O7S. The van der Waals surface area contributed by atoms with Crippen molar-refractivity contribution in [1.82, 2.24) is 15.3 Å². The number of anilines is 2. The lowest BCUT2D eigenvalue weighted by molar-refractivity contribution is 0.0526. The van der Waals surface area contributed by atoms with Gasteiger partial charge in [-0.25, -0.2) is 23.0 Å². The number of hydrogen-bond acceptors (Lipinski definition) is 9. The van der Waals surface area contributed by atoms with Gasteiger partial charge >= 0.3 is 12.1 Å². The van der Waals surface area contributed by atoms with Crippen LogP contribution in [0.3, 0.4) is 0 Å². The molecule has 2 aromatic heterocycles. The van der Waals surface area contributed by atoms with Gasteiger partial charge in [-0.3, -0.25) is 9.71 Å². The van der Waals surface area contributed by atoms with Gasteiger partial charge in [0.1, 0.15) is 11.3 Å². The van der Waals surface area contributed by atoms with Crippen molar-refractivity contribution in [3.8, 4) is 17.0 Å². The first-order valence-electron chi connectivity index (χ1n) is 13.9. The normalized spacial score (nSPS) is 11.5. The number of carboxylic acid groups (broad SMARTS) is 1. The fraction of sp³-hybridized carbons (Fsp3) is 0.290. The van der Waals surface area contributed by atoms with Gasteiger partial charge in [0.2, 0.25) is 5.88 Å². The molecule has 4 aromatic rings. The number of pyridine rings is 2. The summed E-state index contributed by atoms with van der Waals surface area (Å²) in [5, 5.41) is 16.3. The van der Waals surface area contributed by atoms with Crippen molar-refractivity contribution in [2.45, 2.75) is 44.1 Å². The number of methoxy groups -OCH3 is 1. The van der Waals surface area contributed by atoms with E-state index in [1.165, 1.54) is 25.3 Å². The fourth-order valence-corrected chi connectivity index (χ4v) is 5.40. The van der Waals surface area contributed by atoms with E-state index in [-0.39, 0.29) is 22.0 Å². The molecule has 2 heterocycles. The third-order valence-electron chi connectivity index (χ3n) is 6.34. The molecule has 0 radical (unpaired) electrons. The number of alkyl carbamates (subject to hydrolysis) is 1. The van der Waals surface area contributed by atoms with Gasteiger partial charge < -0.3 is 25.2 Å². The number of amides is 1. The number of nitrogens with zero attached hydrogens (tertiary/aromatic N) is 2. The quantitative estimate of drug-likeness (QED) is 0.148. The van der Waals surface area contributed by atoms with E-state index in [1.807, 2.05) is 45.0 Å². The van der Waals surface area contributed by atoms with Crippen LogP contribution in [-0.2, 0) is 14.8 Å². The predicted molar refractivity (Wildman–Crippen MR) is 168 cm³/mol. The van der Waals surface area contributed by atoms with Crippen LogP contribution < -0.4 is 20.1 Å². The second-order valence-electron chi connectivity index (χ2n) is 10.9. The molecule has 1 amide bonds. The van der Waals surface area contributed by atoms with E-state index in [9.17, 15) is 23.1 Å². The van der Waals surface area contributed by atoms with E-state index in [1.54, 1.807) is 18.5 Å². The van der Waals surface area contributed by atoms with Gasteiger partial charge in [0.15, 0.2) is 0 Å². The van der Waals surface area contributed by atoms with Crippen molar-refractivity contribution in [2.24, 2.45) is 0 Å². The van der Waals surface area contributed by atoms with Crippen LogP contribution in [0.2, 0.25) is 0 Å². The number of hydrogen-bond donors (Lipinski definition) is 4. The van der Waals surface area contributed by atoms with E-state index < -0.39 is 27.7 Å². The summed E-state index contributed by atoms with van der Waals surface area (Å²) in [7, 11) is -2.78. The maximum absolute atomic E-state index is 13.1. The van der Waals surface area contributed by atoms with Crippen molar-refractivity contribution in [2.75, 3.05) is 30.2 Å². The first-order valence-corrected chi connectivity index (χ1v) is 15.3. The molecule has 0 spiro atoms. The molecule has 4 N–H and O–H groups in total. The minimum absolute atomic E-state index is 0.0534. The van der Waals surface area contributed by atoms with Gasteiger partial charge in [-0.05, 0) is 81.6 Å². The molecule has 44 heavy (non-hydrogen) atoms. The number of aromatic nitrogens is 2. The van der Waals surface area contributed by atoms with Crippen molar-refractivity contribution in [3.63, 3.8) is 0 Å². The number of unbranched alkanes of at least 4 members (excludes halogenated alkanes) is 1. The molecule has 0 saturated carbocycles. The van der Waals surface area contributed by atoms with Gasteiger partial charge in [-0.15, -0.1) is 0 Å². The molecule has 0 unspecified atom stereocenters. The molecule has 0 atom stereocenters. The molecule has 0 fully saturated rings. The number of carbonyl (C=O) groups is 2. The topological polar surface area (TPSA) is 169 Å². The number of carbonyl (C=O) groups excluding carboxylic acids is 1. The molecule has 0 aliphatic rings. The van der Waals surface area contributed by atoms with E-state index in [0.29, 0.717) is 18.7 Å². The molecule has 0 bridgehead atoms. The number of aromatic carboxylic acids is 1. The molecule has 232 valence electrons. The lowest BCUT2D eigenvalue weighted by atomic mass is 10.0. The zero-order valence-corrected chi connectivity index (χ0v) is 25.7. The molecule has 0 aliphatic heterocycles. The zero-order chi connectivity index (χ0) is 31.9. The molecule has 0 aliphatic carbocycles. The van der Waals surface area contributed by atoms with E-state index in [0.717, 1.165) is 41.1 Å². The highest BCUT2D eigenvalue weighted by molar-refractivity contribution is 7.92. The summed E-state index contributed by atoms with van der Waals surface area (Å²) in [6.07, 6.45) is 4.42. The Hall–Kier alpha value is -4.91. The van der Waals surface area contributed by atoms with Crippen molar-refractivity contribution in [3.05, 3.63) is 72.6 Å². The van der Waals surface area contributed by atoms with Crippen LogP contribution in [0.25, 0.3) is 22.0 Å². The maximum Gasteiger partial charge on any atom is 0.407 e. The van der Waals surface area contributed by atoms with Crippen LogP contribution in [0.5, 0.6) is 5.88 Å². The summed E-state index contributed by atoms with van der Waals surface area (Å²) >= 11 is 0. The Morgan fingerprint density at radius 3 is 2.43 bits per heavy atom. The monoisotopic (exact) mass is 621 g/mol. The molecule has 4 rings (SSSR count). The Kier molecular flexibility index (Phi) is 9.89. The van der Waals surface area contributed by atoms with Gasteiger partial charge in [-0.2, -0.15) is 0 Å². The number of nitrogens with one attached hydrogen (secondary N) is 3. The molecular weight excluding hydrogens is 586 g/mol. The Labute approximate surface area is 255 Å². The number of fused-ring (bicyclic) bond motifs is 1. The number of carboxylic acids is 1. The predicted octanol–water partition coefficient (Wildman–Crippen LogP) is 5.52. The van der Waals surface area contributed by atoms with Gasteiger partial charge in [-0.1, -0.05) is 12.1 Å². The number of rotatable bonds is 12. The Bertz CT molecular complexity index is 1770. The first-order chi connectivity index (χ1) is 20.9. The van der Waals surface area contributed by atoms with Crippen LogP contribution >= 0.6 is 0 Å². The number of ether oxygens (including phenoxy) is 2. The second kappa shape index (κ2) is 13.6. The van der Waals surface area contributed by atoms with Crippen molar-refractivity contribution in [1.29, 1.82) is 0 Å². The summed E-state index contributed by atoms with van der Waals surface area (Å²) in [6, 6.07) is 14.2. The van der Waals surface area contributed by atoms with Crippen molar-refractivity contribution < 1.29 is 32.6 Å². The second-order valence-corrected chi connectivity index (χ2v) is 12.6. The first kappa shape index (κ1) is 32.0. The van der Waals surface area contributed by atoms with Gasteiger partial charge in [0.05, 0.1) is 23.1 Å². The maximum atomic E-state index is 13.1. The molecule has 0 saturated heterocycles. The number of sulfonamides is 1. The summed E-state index contributed by atoms with van der Waals surface area (Å²) in [6.45, 7) is 6.62. The minimum atomic E-state index is -4.16. The van der Waals surface area contributed by atoms with E-state index in [2.05, 4.69) is 25.3 Å². The third-order valence-corrected chi connectivity index (χ3v) is 7.71. The standard InChI is InChI=1S/C31H35N5O7S/c1-31(2,3)43-30(39)34-14-6-5-13-32-26-12-15-33-25-11-10-20(17-24(25)26)22-18-27(28(42-4)35-19-22)36-44(40,41)23-9-7-8-21(16-23)29(37)38/h7-12,15-19,36H,5-6,13-14H2,1-4H3,(H,32,33)(H,34,39)(H,37,38). The lowest BCUT2D eigenvalue weighted by Gasteiger charge is -2.19. The largest absolute Gasteiger partial charge is 0.480 e. The van der Waals surface area contributed by atoms with Crippen LogP contribution in [-0.4, -0.2) is 61.4 Å². The summed E-state index contributed by atoms with van der Waals surface area (Å²) < 4.78 is 39.3. The van der Waals surface area contributed by atoms with Gasteiger partial charge in [0.25, 0.3) is 10.0 Å². The lowest BCUT2D eigenvalue weighted by Crippen LogP contribution is -2.33. The summed E-state index contributed by atoms with van der Waals surface area (Å²) in [5.74, 6) is -1.18. The number of benzene rings is 2. The highest BCUT2D eigenvalue weighted by atomic mass is 32.2. The van der Waals surface area contributed by atoms with E-state index in [4.69, 9.17) is 9.47 Å². The Morgan fingerprint density at radius 2 is 1.70 bits per heavy atom. The Balaban J connectivity index is 1.50. The highest BCUT2D eigenvalue weighted by Crippen LogP contribution is 2.33. The Morgan fingerprint density at radius 1 is 0.932 bits per heavy atom. The van der Waals surface area contributed by atoms with Crippen LogP contribution in [0, 0.1) is 0 Å². The molecule has 2 aromatic carbocycles. The fourth-order valence-electron chi connectivity index (χ4n) is 4.30. The van der Waals surface area contributed by atoms with Crippen LogP contribution in [0.1, 0.15) is 44.0 Å².